The van der Waals surface area contributed by atoms with Crippen molar-refractivity contribution in [3.63, 3.8) is 0 Å². The Morgan fingerprint density at radius 2 is 1.00 bits per heavy atom. The predicted octanol–water partition coefficient (Wildman–Crippen LogP) is 5.17. The van der Waals surface area contributed by atoms with Crippen LogP contribution in [-0.4, -0.2) is 40.6 Å². The standard InChI is InChI=1S/C16H32O2.Na/c1-2-3-4-5-6-7-8-9-10-11-12-13-14-15-16(17)18;/h2-15H2,1H3,(H,17,18);/i1+1,2+1,3+1,4+1,5+1,6+1,7+1,8+1,9+1,10+1,11+1,12+1,13+1,14+1,15+1,16+1;. The number of hydrogen-bond donors (Lipinski definition) is 1. The summed E-state index contributed by atoms with van der Waals surface area (Å²) in [5.74, 6) is -0.655. The van der Waals surface area contributed by atoms with Gasteiger partial charge < -0.3 is 5.11 Å². The number of unbranched alkanes of at least 4 members (excludes halogenated alkanes) is 12. The maximum Gasteiger partial charge on any atom is 0.303 e. The third kappa shape index (κ3) is 20.9. The van der Waals surface area contributed by atoms with Gasteiger partial charge in [0.2, 0.25) is 0 Å². The number of aliphatic carboxylic acids is 1. The molecule has 0 saturated carbocycles. The smallest absolute Gasteiger partial charge is 0.303 e. The number of hydrogen-bond acceptors (Lipinski definition) is 1. The van der Waals surface area contributed by atoms with E-state index in [0.717, 1.165) is 12.8 Å². The third-order valence-electron chi connectivity index (χ3n) is 3.49. The van der Waals surface area contributed by atoms with Gasteiger partial charge in [-0.3, -0.25) is 4.79 Å². The van der Waals surface area contributed by atoms with Gasteiger partial charge in [0.15, 0.2) is 0 Å². The summed E-state index contributed by atoms with van der Waals surface area (Å²) in [6, 6.07) is 0. The summed E-state index contributed by atoms with van der Waals surface area (Å²) in [7, 11) is 0. The van der Waals surface area contributed by atoms with Gasteiger partial charge in [0.1, 0.15) is 0 Å². The van der Waals surface area contributed by atoms with Crippen LogP contribution in [0.25, 0.3) is 0 Å². The largest absolute Gasteiger partial charge is 0.481 e. The van der Waals surface area contributed by atoms with Crippen molar-refractivity contribution in [1.82, 2.24) is 0 Å². The van der Waals surface area contributed by atoms with Crippen molar-refractivity contribution in [2.75, 3.05) is 0 Å². The second kappa shape index (κ2) is 18.5. The molecule has 0 rings (SSSR count). The van der Waals surface area contributed by atoms with E-state index in [-0.39, 0.29) is 29.6 Å². The van der Waals surface area contributed by atoms with Crippen LogP contribution in [0.4, 0.5) is 0 Å². The Morgan fingerprint density at radius 3 is 1.32 bits per heavy atom. The Hall–Kier alpha value is 0.470. The second-order valence-electron chi connectivity index (χ2n) is 5.39. The average molecular weight is 295 g/mol. The molecule has 0 aliphatic carbocycles. The number of carboxylic acid groups (broad SMARTS) is 1. The fourth-order valence-corrected chi connectivity index (χ4v) is 2.29. The van der Waals surface area contributed by atoms with E-state index in [2.05, 4.69) is 6.92 Å². The SMILES string of the molecule is [13CH3][13CH2][13CH2][13CH2][13CH2][13CH2][13CH2][13CH2][13CH2][13CH2][13CH2][13CH2][13CH2][13CH2][13CH2][13C](=O)O.[Na]. The summed E-state index contributed by atoms with van der Waals surface area (Å²) >= 11 is 0. The molecule has 3 heteroatoms. The summed E-state index contributed by atoms with van der Waals surface area (Å²) in [6.07, 6.45) is 17.3. The summed E-state index contributed by atoms with van der Waals surface area (Å²) in [4.78, 5) is 10.3. The molecule has 0 aromatic carbocycles. The first-order chi connectivity index (χ1) is 8.77. The van der Waals surface area contributed by atoms with Gasteiger partial charge in [0.05, 0.1) is 0 Å². The molecule has 0 amide bonds. The van der Waals surface area contributed by atoms with Gasteiger partial charge in [0, 0.05) is 36.0 Å². The van der Waals surface area contributed by atoms with E-state index in [0.29, 0.717) is 6.42 Å². The fraction of sp³-hybridized carbons (Fsp3) is 0.938. The Bertz CT molecular complexity index is 184. The van der Waals surface area contributed by atoms with E-state index in [1.165, 1.54) is 70.6 Å². The molecular formula is C16H32NaO2. The van der Waals surface area contributed by atoms with Crippen molar-refractivity contribution >= 4 is 35.5 Å². The van der Waals surface area contributed by atoms with Crippen LogP contribution in [0.5, 0.6) is 0 Å². The summed E-state index contributed by atoms with van der Waals surface area (Å²) in [5.41, 5.74) is 0. The minimum Gasteiger partial charge on any atom is -0.481 e. The normalized spacial score (nSPS) is 10.2. The maximum atomic E-state index is 10.3. The van der Waals surface area contributed by atoms with Crippen molar-refractivity contribution in [3.8, 4) is 0 Å². The van der Waals surface area contributed by atoms with Crippen LogP contribution in [0, 0.1) is 0 Å². The van der Waals surface area contributed by atoms with Crippen LogP contribution in [0.1, 0.15) is 96.8 Å². The molecule has 0 aliphatic rings. The van der Waals surface area contributed by atoms with Crippen LogP contribution >= 0.6 is 0 Å². The van der Waals surface area contributed by atoms with Crippen LogP contribution in [0.3, 0.4) is 0 Å². The molecular weight excluding hydrogens is 263 g/mol. The zero-order valence-electron chi connectivity index (χ0n) is 13.3. The van der Waals surface area contributed by atoms with Gasteiger partial charge in [0.25, 0.3) is 0 Å². The van der Waals surface area contributed by atoms with Gasteiger partial charge in [-0.15, -0.1) is 0 Å². The monoisotopic (exact) mass is 295 g/mol. The molecule has 1 radical (unpaired) electrons. The number of rotatable bonds is 14. The average Bonchev–Trinajstić information content (AvgIpc) is 2.34. The molecule has 0 aliphatic heterocycles. The molecule has 0 atom stereocenters. The van der Waals surface area contributed by atoms with E-state index in [9.17, 15) is 4.79 Å². The van der Waals surface area contributed by atoms with Crippen molar-refractivity contribution < 1.29 is 9.90 Å². The first-order valence-corrected chi connectivity index (χ1v) is 7.99. The molecule has 109 valence electrons. The van der Waals surface area contributed by atoms with Gasteiger partial charge in [-0.2, -0.15) is 0 Å². The second-order valence-corrected chi connectivity index (χ2v) is 5.39. The minimum absolute atomic E-state index is 0. The first kappa shape index (κ1) is 21.8. The van der Waals surface area contributed by atoms with Gasteiger partial charge in [-0.05, 0) is 6.42 Å². The van der Waals surface area contributed by atoms with Crippen LogP contribution < -0.4 is 0 Å². The van der Waals surface area contributed by atoms with Crippen LogP contribution in [0.15, 0.2) is 0 Å². The molecule has 0 spiro atoms. The first-order valence-electron chi connectivity index (χ1n) is 7.99. The van der Waals surface area contributed by atoms with Gasteiger partial charge >= 0.3 is 5.97 Å². The Kier molecular flexibility index (Phi) is 21.2. The Labute approximate surface area is 142 Å². The van der Waals surface area contributed by atoms with Gasteiger partial charge in [-0.1, -0.05) is 84.0 Å². The molecule has 1 N–H and O–H groups in total. The molecule has 0 fully saturated rings. The molecule has 2 nitrogen and oxygen atoms in total. The summed E-state index contributed by atoms with van der Waals surface area (Å²) in [5, 5.41) is 8.49. The Balaban J connectivity index is 0. The summed E-state index contributed by atoms with van der Waals surface area (Å²) in [6.45, 7) is 2.26. The molecule has 0 aromatic rings. The summed E-state index contributed by atoms with van der Waals surface area (Å²) < 4.78 is 0. The third-order valence-corrected chi connectivity index (χ3v) is 3.49. The van der Waals surface area contributed by atoms with Crippen LogP contribution in [0.2, 0.25) is 0 Å². The molecule has 19 heavy (non-hydrogen) atoms. The number of carboxylic acids is 1. The van der Waals surface area contributed by atoms with E-state index in [1.807, 2.05) is 0 Å². The van der Waals surface area contributed by atoms with E-state index >= 15 is 0 Å². The minimum atomic E-state index is -0.655. The van der Waals surface area contributed by atoms with Crippen LogP contribution in [-0.2, 0) is 4.79 Å². The molecule has 0 unspecified atom stereocenters. The topological polar surface area (TPSA) is 37.3 Å². The van der Waals surface area contributed by atoms with E-state index in [4.69, 9.17) is 5.11 Å². The molecule has 0 saturated heterocycles. The zero-order valence-corrected chi connectivity index (χ0v) is 15.3. The van der Waals surface area contributed by atoms with Crippen molar-refractivity contribution in [1.29, 1.82) is 0 Å². The fourth-order valence-electron chi connectivity index (χ4n) is 2.29. The van der Waals surface area contributed by atoms with Crippen molar-refractivity contribution in [3.05, 3.63) is 0 Å². The maximum absolute atomic E-state index is 10.3. The van der Waals surface area contributed by atoms with E-state index < -0.39 is 5.97 Å². The number of carbonyl (C=O) groups is 1. The van der Waals surface area contributed by atoms with Crippen molar-refractivity contribution in [2.24, 2.45) is 0 Å². The molecule has 0 heterocycles. The zero-order chi connectivity index (χ0) is 13.5. The quantitative estimate of drug-likeness (QED) is 0.272. The Morgan fingerprint density at radius 1 is 0.684 bits per heavy atom. The predicted molar refractivity (Wildman–Crippen MR) is 83.7 cm³/mol. The molecule has 0 bridgehead atoms. The van der Waals surface area contributed by atoms with E-state index in [1.54, 1.807) is 0 Å². The van der Waals surface area contributed by atoms with Crippen molar-refractivity contribution in [2.45, 2.75) is 96.8 Å². The van der Waals surface area contributed by atoms with Gasteiger partial charge in [-0.25, -0.2) is 0 Å². The molecule has 0 aromatic heterocycles.